The van der Waals surface area contributed by atoms with Gasteiger partial charge in [0.1, 0.15) is 0 Å². The van der Waals surface area contributed by atoms with Gasteiger partial charge >= 0.3 is 0 Å². The molecule has 0 saturated carbocycles. The monoisotopic (exact) mass is 195 g/mol. The molecule has 0 spiro atoms. The highest BCUT2D eigenvalue weighted by atomic mass is 19.3. The predicted molar refractivity (Wildman–Crippen MR) is 43.8 cm³/mol. The normalized spacial score (nSPS) is 19.2. The standard InChI is InChI=1S/C8H15F2NO2/c1-2-11(5-7(9)10)6-8-12-3-4-13-8/h7-8H,2-6H2,1H3. The Bertz CT molecular complexity index is 140. The van der Waals surface area contributed by atoms with Gasteiger partial charge in [0.05, 0.1) is 19.8 Å². The van der Waals surface area contributed by atoms with Gasteiger partial charge in [-0.15, -0.1) is 0 Å². The van der Waals surface area contributed by atoms with Crippen LogP contribution in [0.2, 0.25) is 0 Å². The van der Waals surface area contributed by atoms with E-state index in [4.69, 9.17) is 9.47 Å². The molecule has 0 aliphatic carbocycles. The molecular formula is C8H15F2NO2. The maximum atomic E-state index is 12.0. The lowest BCUT2D eigenvalue weighted by molar-refractivity contribution is -0.0674. The Morgan fingerprint density at radius 1 is 1.38 bits per heavy atom. The minimum Gasteiger partial charge on any atom is -0.349 e. The van der Waals surface area contributed by atoms with Crippen molar-refractivity contribution in [3.8, 4) is 0 Å². The molecule has 5 heteroatoms. The van der Waals surface area contributed by atoms with Crippen LogP contribution in [0.25, 0.3) is 0 Å². The number of alkyl halides is 2. The lowest BCUT2D eigenvalue weighted by atomic mass is 10.4. The van der Waals surface area contributed by atoms with E-state index >= 15 is 0 Å². The Kier molecular flexibility index (Phi) is 4.55. The smallest absolute Gasteiger partial charge is 0.251 e. The number of rotatable bonds is 5. The maximum Gasteiger partial charge on any atom is 0.251 e. The van der Waals surface area contributed by atoms with Gasteiger partial charge in [0.15, 0.2) is 6.29 Å². The average Bonchev–Trinajstić information content (AvgIpc) is 2.55. The van der Waals surface area contributed by atoms with Crippen molar-refractivity contribution in [1.29, 1.82) is 0 Å². The zero-order chi connectivity index (χ0) is 9.68. The van der Waals surface area contributed by atoms with Gasteiger partial charge in [0.25, 0.3) is 6.43 Å². The Morgan fingerprint density at radius 2 is 2.00 bits per heavy atom. The van der Waals surface area contributed by atoms with Crippen molar-refractivity contribution in [1.82, 2.24) is 4.90 Å². The minimum atomic E-state index is -2.29. The van der Waals surface area contributed by atoms with Crippen LogP contribution in [0.4, 0.5) is 8.78 Å². The molecule has 1 aliphatic rings. The molecule has 0 atom stereocenters. The van der Waals surface area contributed by atoms with E-state index < -0.39 is 6.43 Å². The molecule has 13 heavy (non-hydrogen) atoms. The number of halogens is 2. The summed E-state index contributed by atoms with van der Waals surface area (Å²) in [5.74, 6) is 0. The molecule has 0 unspecified atom stereocenters. The number of hydrogen-bond acceptors (Lipinski definition) is 3. The molecule has 0 amide bonds. The summed E-state index contributed by atoms with van der Waals surface area (Å²) in [6.45, 7) is 3.79. The summed E-state index contributed by atoms with van der Waals surface area (Å²) in [5.41, 5.74) is 0. The molecule has 0 aromatic heterocycles. The van der Waals surface area contributed by atoms with Crippen LogP contribution in [-0.2, 0) is 9.47 Å². The maximum absolute atomic E-state index is 12.0. The Balaban J connectivity index is 2.21. The van der Waals surface area contributed by atoms with E-state index in [-0.39, 0.29) is 12.8 Å². The van der Waals surface area contributed by atoms with Crippen LogP contribution >= 0.6 is 0 Å². The summed E-state index contributed by atoms with van der Waals surface area (Å²) in [6, 6.07) is 0. The molecule has 1 fully saturated rings. The topological polar surface area (TPSA) is 21.7 Å². The summed E-state index contributed by atoms with van der Waals surface area (Å²) in [4.78, 5) is 1.63. The summed E-state index contributed by atoms with van der Waals surface area (Å²) < 4.78 is 34.4. The highest BCUT2D eigenvalue weighted by molar-refractivity contribution is 4.62. The highest BCUT2D eigenvalue weighted by Crippen LogP contribution is 2.07. The Labute approximate surface area is 76.6 Å². The second-order valence-electron chi connectivity index (χ2n) is 2.91. The van der Waals surface area contributed by atoms with E-state index in [1.165, 1.54) is 0 Å². The summed E-state index contributed by atoms with van der Waals surface area (Å²) in [7, 11) is 0. The third-order valence-corrected chi connectivity index (χ3v) is 1.94. The largest absolute Gasteiger partial charge is 0.349 e. The van der Waals surface area contributed by atoms with E-state index in [1.807, 2.05) is 6.92 Å². The Morgan fingerprint density at radius 3 is 2.46 bits per heavy atom. The van der Waals surface area contributed by atoms with Crippen molar-refractivity contribution in [3.63, 3.8) is 0 Å². The van der Waals surface area contributed by atoms with E-state index in [1.54, 1.807) is 4.90 Å². The minimum absolute atomic E-state index is 0.209. The number of ether oxygens (including phenoxy) is 2. The van der Waals surface area contributed by atoms with Gasteiger partial charge < -0.3 is 9.47 Å². The third-order valence-electron chi connectivity index (χ3n) is 1.94. The predicted octanol–water partition coefficient (Wildman–Crippen LogP) is 0.946. The van der Waals surface area contributed by atoms with Crippen molar-refractivity contribution in [2.75, 3.05) is 32.8 Å². The SMILES string of the molecule is CCN(CC(F)F)CC1OCCO1. The van der Waals surface area contributed by atoms with Crippen LogP contribution in [0.1, 0.15) is 6.92 Å². The molecule has 0 aromatic rings. The molecule has 1 heterocycles. The van der Waals surface area contributed by atoms with Crippen LogP contribution in [-0.4, -0.2) is 50.5 Å². The zero-order valence-corrected chi connectivity index (χ0v) is 7.71. The van der Waals surface area contributed by atoms with Gasteiger partial charge in [-0.25, -0.2) is 8.78 Å². The van der Waals surface area contributed by atoms with E-state index in [2.05, 4.69) is 0 Å². The van der Waals surface area contributed by atoms with Crippen molar-refractivity contribution in [2.45, 2.75) is 19.6 Å². The summed E-state index contributed by atoms with van der Waals surface area (Å²) in [6.07, 6.45) is -2.61. The Hall–Kier alpha value is -0.260. The number of nitrogens with zero attached hydrogens (tertiary/aromatic N) is 1. The molecule has 0 N–H and O–H groups in total. The summed E-state index contributed by atoms with van der Waals surface area (Å²) in [5, 5.41) is 0. The second-order valence-corrected chi connectivity index (χ2v) is 2.91. The van der Waals surface area contributed by atoms with Crippen LogP contribution in [0, 0.1) is 0 Å². The molecule has 0 bridgehead atoms. The molecule has 0 aromatic carbocycles. The van der Waals surface area contributed by atoms with Gasteiger partial charge in [0, 0.05) is 6.54 Å². The van der Waals surface area contributed by atoms with Crippen LogP contribution in [0.5, 0.6) is 0 Å². The highest BCUT2D eigenvalue weighted by Gasteiger charge is 2.20. The van der Waals surface area contributed by atoms with Crippen molar-refractivity contribution >= 4 is 0 Å². The molecule has 1 rings (SSSR count). The fraction of sp³-hybridized carbons (Fsp3) is 1.00. The molecule has 1 aliphatic heterocycles. The van der Waals surface area contributed by atoms with Crippen molar-refractivity contribution in [3.05, 3.63) is 0 Å². The first-order valence-corrected chi connectivity index (χ1v) is 4.46. The second kappa shape index (κ2) is 5.47. The lowest BCUT2D eigenvalue weighted by Crippen LogP contribution is -2.36. The fourth-order valence-corrected chi connectivity index (χ4v) is 1.25. The molecule has 1 saturated heterocycles. The van der Waals surface area contributed by atoms with E-state index in [9.17, 15) is 8.78 Å². The van der Waals surface area contributed by atoms with E-state index in [0.717, 1.165) is 0 Å². The summed E-state index contributed by atoms with van der Waals surface area (Å²) >= 11 is 0. The molecule has 3 nitrogen and oxygen atoms in total. The van der Waals surface area contributed by atoms with Gasteiger partial charge in [-0.3, -0.25) is 4.90 Å². The van der Waals surface area contributed by atoms with Gasteiger partial charge in [-0.1, -0.05) is 6.92 Å². The number of likely N-dealkylation sites (N-methyl/N-ethyl adjacent to an activating group) is 1. The first-order valence-electron chi connectivity index (χ1n) is 4.46. The fourth-order valence-electron chi connectivity index (χ4n) is 1.25. The first kappa shape index (κ1) is 10.8. The van der Waals surface area contributed by atoms with Crippen molar-refractivity contribution < 1.29 is 18.3 Å². The van der Waals surface area contributed by atoms with Crippen LogP contribution in [0.15, 0.2) is 0 Å². The van der Waals surface area contributed by atoms with Gasteiger partial charge in [-0.2, -0.15) is 0 Å². The first-order chi connectivity index (χ1) is 6.22. The lowest BCUT2D eigenvalue weighted by Gasteiger charge is -2.22. The quantitative estimate of drug-likeness (QED) is 0.651. The van der Waals surface area contributed by atoms with E-state index in [0.29, 0.717) is 26.3 Å². The third kappa shape index (κ3) is 3.97. The van der Waals surface area contributed by atoms with Crippen molar-refractivity contribution in [2.24, 2.45) is 0 Å². The van der Waals surface area contributed by atoms with Crippen LogP contribution < -0.4 is 0 Å². The zero-order valence-electron chi connectivity index (χ0n) is 7.71. The number of hydrogen-bond donors (Lipinski definition) is 0. The average molecular weight is 195 g/mol. The molecule has 0 radical (unpaired) electrons. The van der Waals surface area contributed by atoms with Gasteiger partial charge in [0.2, 0.25) is 0 Å². The van der Waals surface area contributed by atoms with Crippen LogP contribution in [0.3, 0.4) is 0 Å². The molecular weight excluding hydrogens is 180 g/mol. The molecule has 78 valence electrons. The van der Waals surface area contributed by atoms with Gasteiger partial charge in [-0.05, 0) is 6.54 Å².